The average Bonchev–Trinajstić information content (AvgIpc) is 3.25. The molecule has 5 nitrogen and oxygen atoms in total. The summed E-state index contributed by atoms with van der Waals surface area (Å²) in [7, 11) is 5.80. The van der Waals surface area contributed by atoms with E-state index in [1.807, 2.05) is 11.7 Å². The molecule has 2 heterocycles. The van der Waals surface area contributed by atoms with Crippen LogP contribution in [-0.4, -0.2) is 48.0 Å². The van der Waals surface area contributed by atoms with Gasteiger partial charge in [-0.2, -0.15) is 5.10 Å². The van der Waals surface area contributed by atoms with E-state index in [0.717, 1.165) is 24.2 Å². The molecule has 1 aliphatic heterocycles. The van der Waals surface area contributed by atoms with Crippen LogP contribution in [0.4, 0.5) is 0 Å². The van der Waals surface area contributed by atoms with E-state index in [1.54, 1.807) is 7.11 Å². The number of nitrogens with one attached hydrogen (secondary N) is 1. The number of nitrogens with zero attached hydrogens (tertiary/aromatic N) is 3. The van der Waals surface area contributed by atoms with Crippen LogP contribution < -0.4 is 10.1 Å². The molecule has 1 aromatic heterocycles. The van der Waals surface area contributed by atoms with Gasteiger partial charge < -0.3 is 10.1 Å². The molecule has 2 atom stereocenters. The van der Waals surface area contributed by atoms with E-state index >= 15 is 0 Å². The Kier molecular flexibility index (Phi) is 4.22. The van der Waals surface area contributed by atoms with Gasteiger partial charge in [0.1, 0.15) is 0 Å². The lowest BCUT2D eigenvalue weighted by molar-refractivity contribution is 0.0819. The van der Waals surface area contributed by atoms with Gasteiger partial charge in [0.05, 0.1) is 18.4 Å². The van der Waals surface area contributed by atoms with E-state index in [-0.39, 0.29) is 0 Å². The van der Waals surface area contributed by atoms with Gasteiger partial charge in [0.2, 0.25) is 5.88 Å². The Labute approximate surface area is 127 Å². The number of methoxy groups -OCH3 is 1. The van der Waals surface area contributed by atoms with Crippen LogP contribution in [0.5, 0.6) is 5.88 Å². The second-order valence-electron chi connectivity index (χ2n) is 6.51. The topological polar surface area (TPSA) is 42.3 Å². The number of aryl methyl sites for hydroxylation is 2. The van der Waals surface area contributed by atoms with Gasteiger partial charge in [-0.1, -0.05) is 0 Å². The Balaban J connectivity index is 2.00. The van der Waals surface area contributed by atoms with Crippen molar-refractivity contribution in [3.63, 3.8) is 0 Å². The third-order valence-corrected chi connectivity index (χ3v) is 4.98. The average molecular weight is 292 g/mol. The van der Waals surface area contributed by atoms with E-state index in [9.17, 15) is 0 Å². The lowest BCUT2D eigenvalue weighted by Gasteiger charge is -2.42. The SMILES string of the molecule is CNCC1CCCN(C2CC2)C1c1c(C)nn(C)c1OC. The summed E-state index contributed by atoms with van der Waals surface area (Å²) in [5.41, 5.74) is 2.43. The monoisotopic (exact) mass is 292 g/mol. The van der Waals surface area contributed by atoms with Crippen molar-refractivity contribution in [2.45, 2.75) is 44.7 Å². The minimum Gasteiger partial charge on any atom is -0.481 e. The molecule has 1 aliphatic carbocycles. The molecule has 2 unspecified atom stereocenters. The predicted molar refractivity (Wildman–Crippen MR) is 83.6 cm³/mol. The molecule has 1 N–H and O–H groups in total. The van der Waals surface area contributed by atoms with Gasteiger partial charge >= 0.3 is 0 Å². The Morgan fingerprint density at radius 2 is 2.10 bits per heavy atom. The molecule has 2 fully saturated rings. The zero-order valence-electron chi connectivity index (χ0n) is 13.7. The normalized spacial score (nSPS) is 27.0. The van der Waals surface area contributed by atoms with E-state index in [1.165, 1.54) is 37.8 Å². The second-order valence-corrected chi connectivity index (χ2v) is 6.51. The molecular weight excluding hydrogens is 264 g/mol. The molecule has 0 bridgehead atoms. The van der Waals surface area contributed by atoms with E-state index < -0.39 is 0 Å². The van der Waals surface area contributed by atoms with Crippen LogP contribution in [0.2, 0.25) is 0 Å². The Bertz CT molecular complexity index is 493. The molecule has 0 spiro atoms. The van der Waals surface area contributed by atoms with E-state index in [0.29, 0.717) is 12.0 Å². The number of aromatic nitrogens is 2. The molecule has 0 aromatic carbocycles. The predicted octanol–water partition coefficient (Wildman–Crippen LogP) is 1.87. The molecule has 1 saturated heterocycles. The Morgan fingerprint density at radius 1 is 1.33 bits per heavy atom. The highest BCUT2D eigenvalue weighted by Crippen LogP contribution is 2.46. The van der Waals surface area contributed by atoms with Crippen LogP contribution in [-0.2, 0) is 7.05 Å². The molecule has 5 heteroatoms. The van der Waals surface area contributed by atoms with Crippen molar-refractivity contribution in [2.75, 3.05) is 27.2 Å². The van der Waals surface area contributed by atoms with Crippen LogP contribution >= 0.6 is 0 Å². The van der Waals surface area contributed by atoms with E-state index in [4.69, 9.17) is 4.74 Å². The lowest BCUT2D eigenvalue weighted by Crippen LogP contribution is -2.43. The highest BCUT2D eigenvalue weighted by Gasteiger charge is 2.42. The second kappa shape index (κ2) is 5.97. The minimum absolute atomic E-state index is 0.447. The summed E-state index contributed by atoms with van der Waals surface area (Å²) in [5.74, 6) is 1.58. The van der Waals surface area contributed by atoms with Crippen LogP contribution in [0.3, 0.4) is 0 Å². The molecular formula is C16H28N4O. The first-order valence-corrected chi connectivity index (χ1v) is 8.15. The van der Waals surface area contributed by atoms with Crippen molar-refractivity contribution in [3.05, 3.63) is 11.3 Å². The molecule has 118 valence electrons. The summed E-state index contributed by atoms with van der Waals surface area (Å²) in [6.45, 7) is 4.40. The van der Waals surface area contributed by atoms with Crippen molar-refractivity contribution < 1.29 is 4.74 Å². The summed E-state index contributed by atoms with van der Waals surface area (Å²) >= 11 is 0. The van der Waals surface area contributed by atoms with Crippen molar-refractivity contribution in [1.29, 1.82) is 0 Å². The highest BCUT2D eigenvalue weighted by molar-refractivity contribution is 5.35. The highest BCUT2D eigenvalue weighted by atomic mass is 16.5. The summed E-state index contributed by atoms with van der Waals surface area (Å²) in [6, 6.07) is 1.22. The number of piperidine rings is 1. The Morgan fingerprint density at radius 3 is 2.71 bits per heavy atom. The molecule has 0 radical (unpaired) electrons. The summed E-state index contributed by atoms with van der Waals surface area (Å²) in [4.78, 5) is 2.72. The number of ether oxygens (including phenoxy) is 1. The van der Waals surface area contributed by atoms with Crippen LogP contribution in [0, 0.1) is 12.8 Å². The number of hydrogen-bond acceptors (Lipinski definition) is 4. The minimum atomic E-state index is 0.447. The fourth-order valence-corrected chi connectivity index (χ4v) is 4.03. The zero-order chi connectivity index (χ0) is 15.0. The zero-order valence-corrected chi connectivity index (χ0v) is 13.7. The smallest absolute Gasteiger partial charge is 0.216 e. The quantitative estimate of drug-likeness (QED) is 0.900. The summed E-state index contributed by atoms with van der Waals surface area (Å²) < 4.78 is 7.57. The standard InChI is InChI=1S/C16H28N4O/c1-11-14(16(21-4)19(3)18-11)15-12(10-17-2)6-5-9-20(15)13-7-8-13/h12-13,15,17H,5-10H2,1-4H3. The fourth-order valence-electron chi connectivity index (χ4n) is 4.03. The summed E-state index contributed by atoms with van der Waals surface area (Å²) in [5, 5.41) is 8.00. The number of rotatable bonds is 5. The van der Waals surface area contributed by atoms with Gasteiger partial charge in [-0.3, -0.25) is 4.90 Å². The maximum Gasteiger partial charge on any atom is 0.216 e. The van der Waals surface area contributed by atoms with Gasteiger partial charge in [-0.15, -0.1) is 0 Å². The van der Waals surface area contributed by atoms with Crippen molar-refractivity contribution in [3.8, 4) is 5.88 Å². The summed E-state index contributed by atoms with van der Waals surface area (Å²) in [6.07, 6.45) is 5.29. The van der Waals surface area contributed by atoms with Gasteiger partial charge in [0, 0.05) is 19.1 Å². The number of hydrogen-bond donors (Lipinski definition) is 1. The van der Waals surface area contributed by atoms with Crippen molar-refractivity contribution in [1.82, 2.24) is 20.0 Å². The maximum atomic E-state index is 5.68. The largest absolute Gasteiger partial charge is 0.481 e. The molecule has 1 aromatic rings. The van der Waals surface area contributed by atoms with Crippen molar-refractivity contribution in [2.24, 2.45) is 13.0 Å². The fraction of sp³-hybridized carbons (Fsp3) is 0.812. The molecule has 2 aliphatic rings. The molecule has 3 rings (SSSR count). The van der Waals surface area contributed by atoms with Gasteiger partial charge in [0.15, 0.2) is 0 Å². The molecule has 21 heavy (non-hydrogen) atoms. The molecule has 0 amide bonds. The van der Waals surface area contributed by atoms with Gasteiger partial charge in [-0.25, -0.2) is 4.68 Å². The first kappa shape index (κ1) is 14.9. The number of likely N-dealkylation sites (tertiary alicyclic amines) is 1. The van der Waals surface area contributed by atoms with Crippen LogP contribution in [0.1, 0.15) is 43.0 Å². The van der Waals surface area contributed by atoms with Crippen LogP contribution in [0.25, 0.3) is 0 Å². The first-order chi connectivity index (χ1) is 10.2. The van der Waals surface area contributed by atoms with Gasteiger partial charge in [0.25, 0.3) is 0 Å². The van der Waals surface area contributed by atoms with Crippen LogP contribution in [0.15, 0.2) is 0 Å². The van der Waals surface area contributed by atoms with E-state index in [2.05, 4.69) is 29.3 Å². The first-order valence-electron chi connectivity index (χ1n) is 8.15. The molecule has 1 saturated carbocycles. The third-order valence-electron chi connectivity index (χ3n) is 4.98. The Hall–Kier alpha value is -1.07. The van der Waals surface area contributed by atoms with Crippen molar-refractivity contribution >= 4 is 0 Å². The lowest BCUT2D eigenvalue weighted by atomic mass is 9.84. The van der Waals surface area contributed by atoms with Gasteiger partial charge in [-0.05, 0) is 58.7 Å². The third kappa shape index (κ3) is 2.69. The maximum absolute atomic E-state index is 5.68.